The Morgan fingerprint density at radius 2 is 1.15 bits per heavy atom. The monoisotopic (exact) mass is 492 g/mol. The van der Waals surface area contributed by atoms with E-state index in [0.29, 0.717) is 24.7 Å². The van der Waals surface area contributed by atoms with Crippen LogP contribution in [0.3, 0.4) is 0 Å². The minimum absolute atomic E-state index is 0.107. The standard InChI is InChI=1S/C24H24N6O2S2/c25-23(33)29-27-13-17-5-3-9-21(11-17)31-15-19-7-1-2-8-20(19)16-32-22-10-4-6-18(12-22)14-28-30-24(26)34/h1-14H,15-16H2,(H3,25,29,33)(H3,26,30,34)/b27-13+,28-14+. The van der Waals surface area contributed by atoms with Gasteiger partial charge in [0.15, 0.2) is 10.2 Å². The number of rotatable bonds is 10. The molecule has 174 valence electrons. The van der Waals surface area contributed by atoms with Crippen LogP contribution in [0.15, 0.2) is 83.0 Å². The molecule has 0 saturated carbocycles. The Kier molecular flexibility index (Phi) is 9.32. The first-order valence-electron chi connectivity index (χ1n) is 10.2. The van der Waals surface area contributed by atoms with E-state index in [1.54, 1.807) is 12.4 Å². The van der Waals surface area contributed by atoms with Gasteiger partial charge < -0.3 is 20.9 Å². The average molecular weight is 493 g/mol. The van der Waals surface area contributed by atoms with Gasteiger partial charge in [-0.05, 0) is 71.0 Å². The van der Waals surface area contributed by atoms with Gasteiger partial charge in [-0.3, -0.25) is 10.9 Å². The number of benzene rings is 3. The van der Waals surface area contributed by atoms with Crippen molar-refractivity contribution in [1.82, 2.24) is 10.9 Å². The maximum absolute atomic E-state index is 6.00. The van der Waals surface area contributed by atoms with Gasteiger partial charge in [-0.25, -0.2) is 0 Å². The first-order chi connectivity index (χ1) is 16.5. The fourth-order valence-electron chi connectivity index (χ4n) is 2.87. The van der Waals surface area contributed by atoms with Crippen molar-refractivity contribution in [2.45, 2.75) is 13.2 Å². The first kappa shape index (κ1) is 24.6. The molecule has 8 nitrogen and oxygen atoms in total. The molecule has 3 aromatic carbocycles. The molecule has 0 amide bonds. The number of nitrogens with zero attached hydrogens (tertiary/aromatic N) is 2. The zero-order valence-electron chi connectivity index (χ0n) is 18.2. The summed E-state index contributed by atoms with van der Waals surface area (Å²) in [4.78, 5) is 0. The van der Waals surface area contributed by atoms with E-state index in [1.165, 1.54) is 0 Å². The van der Waals surface area contributed by atoms with Crippen LogP contribution in [0.2, 0.25) is 0 Å². The molecular formula is C24H24N6O2S2. The molecule has 0 radical (unpaired) electrons. The molecule has 0 aliphatic carbocycles. The molecule has 0 fully saturated rings. The van der Waals surface area contributed by atoms with E-state index in [0.717, 1.165) is 22.3 Å². The van der Waals surface area contributed by atoms with Gasteiger partial charge in [0.1, 0.15) is 24.7 Å². The van der Waals surface area contributed by atoms with Crippen LogP contribution in [0.25, 0.3) is 0 Å². The van der Waals surface area contributed by atoms with Crippen molar-refractivity contribution in [3.63, 3.8) is 0 Å². The smallest absolute Gasteiger partial charge is 0.184 e. The zero-order valence-corrected chi connectivity index (χ0v) is 19.8. The van der Waals surface area contributed by atoms with Crippen LogP contribution < -0.4 is 31.8 Å². The maximum atomic E-state index is 6.00. The molecule has 0 atom stereocenters. The first-order valence-corrected chi connectivity index (χ1v) is 11.0. The van der Waals surface area contributed by atoms with E-state index >= 15 is 0 Å². The summed E-state index contributed by atoms with van der Waals surface area (Å²) in [6.45, 7) is 0.783. The van der Waals surface area contributed by atoms with E-state index in [2.05, 4.69) is 21.1 Å². The van der Waals surface area contributed by atoms with Gasteiger partial charge in [0, 0.05) is 0 Å². The summed E-state index contributed by atoms with van der Waals surface area (Å²) < 4.78 is 12.0. The summed E-state index contributed by atoms with van der Waals surface area (Å²) in [6, 6.07) is 23.1. The Morgan fingerprint density at radius 3 is 1.56 bits per heavy atom. The third-order valence-corrected chi connectivity index (χ3v) is 4.58. The Hall–Kier alpha value is -4.02. The largest absolute Gasteiger partial charge is 0.489 e. The van der Waals surface area contributed by atoms with Gasteiger partial charge in [-0.2, -0.15) is 10.2 Å². The highest BCUT2D eigenvalue weighted by Crippen LogP contribution is 2.19. The summed E-state index contributed by atoms with van der Waals surface area (Å²) in [5.41, 5.74) is 19.5. The Bertz CT molecular complexity index is 1110. The molecule has 3 rings (SSSR count). The molecule has 3 aromatic rings. The quantitative estimate of drug-likeness (QED) is 0.194. The van der Waals surface area contributed by atoms with Crippen LogP contribution in [-0.4, -0.2) is 22.7 Å². The molecule has 6 N–H and O–H groups in total. The minimum Gasteiger partial charge on any atom is -0.489 e. The number of thiocarbonyl (C=S) groups is 2. The lowest BCUT2D eigenvalue weighted by atomic mass is 10.1. The van der Waals surface area contributed by atoms with Gasteiger partial charge in [-0.15, -0.1) is 0 Å². The van der Waals surface area contributed by atoms with E-state index in [9.17, 15) is 0 Å². The zero-order chi connectivity index (χ0) is 24.2. The highest BCUT2D eigenvalue weighted by Gasteiger charge is 2.05. The predicted molar refractivity (Wildman–Crippen MR) is 143 cm³/mol. The Labute approximate surface area is 208 Å². The fourth-order valence-corrected chi connectivity index (χ4v) is 2.98. The second-order valence-electron chi connectivity index (χ2n) is 6.96. The molecule has 0 unspecified atom stereocenters. The molecule has 10 heteroatoms. The molecule has 0 heterocycles. The molecule has 0 saturated heterocycles. The van der Waals surface area contributed by atoms with Crippen LogP contribution in [0, 0.1) is 0 Å². The summed E-state index contributed by atoms with van der Waals surface area (Å²) in [5, 5.41) is 8.14. The lowest BCUT2D eigenvalue weighted by Crippen LogP contribution is -2.24. The van der Waals surface area contributed by atoms with Crippen LogP contribution in [0.4, 0.5) is 0 Å². The predicted octanol–water partition coefficient (Wildman–Crippen LogP) is 3.18. The van der Waals surface area contributed by atoms with Crippen molar-refractivity contribution in [1.29, 1.82) is 0 Å². The van der Waals surface area contributed by atoms with Gasteiger partial charge in [-0.1, -0.05) is 48.5 Å². The minimum atomic E-state index is 0.107. The molecule has 0 bridgehead atoms. The topological polar surface area (TPSA) is 119 Å². The lowest BCUT2D eigenvalue weighted by Gasteiger charge is -2.13. The van der Waals surface area contributed by atoms with Gasteiger partial charge in [0.05, 0.1) is 12.4 Å². The number of ether oxygens (including phenoxy) is 2. The van der Waals surface area contributed by atoms with Crippen molar-refractivity contribution >= 4 is 47.1 Å². The summed E-state index contributed by atoms with van der Waals surface area (Å²) in [6.07, 6.45) is 3.24. The van der Waals surface area contributed by atoms with Crippen molar-refractivity contribution in [3.8, 4) is 11.5 Å². The third kappa shape index (κ3) is 8.49. The Morgan fingerprint density at radius 1 is 0.706 bits per heavy atom. The van der Waals surface area contributed by atoms with E-state index in [4.69, 9.17) is 45.4 Å². The van der Waals surface area contributed by atoms with Crippen molar-refractivity contribution in [2.24, 2.45) is 21.7 Å². The van der Waals surface area contributed by atoms with Gasteiger partial charge in [0.25, 0.3) is 0 Å². The molecule has 0 aliphatic rings. The lowest BCUT2D eigenvalue weighted by molar-refractivity contribution is 0.285. The maximum Gasteiger partial charge on any atom is 0.184 e. The van der Waals surface area contributed by atoms with E-state index in [1.807, 2.05) is 72.8 Å². The fraction of sp³-hybridized carbons (Fsp3) is 0.0833. The Balaban J connectivity index is 1.60. The highest BCUT2D eigenvalue weighted by atomic mass is 32.1. The molecule has 0 spiro atoms. The number of hydrogen-bond acceptors (Lipinski definition) is 6. The van der Waals surface area contributed by atoms with Crippen LogP contribution >= 0.6 is 24.4 Å². The molecule has 0 aromatic heterocycles. The van der Waals surface area contributed by atoms with Crippen molar-refractivity contribution < 1.29 is 9.47 Å². The SMILES string of the molecule is NC(=S)N/N=C/c1cccc(OCc2ccccc2COc2cccc(/C=N/NC(N)=S)c2)c1. The average Bonchev–Trinajstić information content (AvgIpc) is 2.82. The number of nitrogens with two attached hydrogens (primary N) is 2. The van der Waals surface area contributed by atoms with Crippen molar-refractivity contribution in [2.75, 3.05) is 0 Å². The van der Waals surface area contributed by atoms with Gasteiger partial charge >= 0.3 is 0 Å². The van der Waals surface area contributed by atoms with E-state index < -0.39 is 0 Å². The molecule has 34 heavy (non-hydrogen) atoms. The summed E-state index contributed by atoms with van der Waals surface area (Å²) in [7, 11) is 0. The molecule has 0 aliphatic heterocycles. The number of hydrazone groups is 2. The van der Waals surface area contributed by atoms with Crippen LogP contribution in [-0.2, 0) is 13.2 Å². The number of nitrogens with one attached hydrogen (secondary N) is 2. The molecular weight excluding hydrogens is 468 g/mol. The summed E-state index contributed by atoms with van der Waals surface area (Å²) >= 11 is 9.46. The van der Waals surface area contributed by atoms with Gasteiger partial charge in [0.2, 0.25) is 0 Å². The third-order valence-electron chi connectivity index (χ3n) is 4.40. The number of hydrogen-bond donors (Lipinski definition) is 4. The normalized spacial score (nSPS) is 10.8. The highest BCUT2D eigenvalue weighted by molar-refractivity contribution is 7.80. The second-order valence-corrected chi connectivity index (χ2v) is 7.84. The van der Waals surface area contributed by atoms with Crippen molar-refractivity contribution in [3.05, 3.63) is 95.1 Å². The van der Waals surface area contributed by atoms with Crippen LogP contribution in [0.1, 0.15) is 22.3 Å². The van der Waals surface area contributed by atoms with Crippen LogP contribution in [0.5, 0.6) is 11.5 Å². The van der Waals surface area contributed by atoms with E-state index in [-0.39, 0.29) is 10.2 Å². The second kappa shape index (κ2) is 12.9. The summed E-state index contributed by atoms with van der Waals surface area (Å²) in [5.74, 6) is 1.43.